The summed E-state index contributed by atoms with van der Waals surface area (Å²) in [5.74, 6) is 1.88. The highest BCUT2D eigenvalue weighted by Crippen LogP contribution is 2.33. The molecule has 1 aromatic rings. The number of fused-ring (bicyclic) bond motifs is 4. The highest BCUT2D eigenvalue weighted by atomic mass is 15.3. The van der Waals surface area contributed by atoms with Gasteiger partial charge in [-0.3, -0.25) is 14.8 Å². The molecule has 2 bridgehead atoms. The summed E-state index contributed by atoms with van der Waals surface area (Å²) in [4.78, 5) is 10.1. The Balaban J connectivity index is 1.42. The molecule has 3 heteroatoms. The monoisotopic (exact) mass is 299 g/mol. The van der Waals surface area contributed by atoms with E-state index in [-0.39, 0.29) is 0 Å². The molecule has 3 nitrogen and oxygen atoms in total. The predicted molar refractivity (Wildman–Crippen MR) is 89.7 cm³/mol. The summed E-state index contributed by atoms with van der Waals surface area (Å²) in [5.41, 5.74) is 2.61. The molecule has 5 rings (SSSR count). The third-order valence-corrected chi connectivity index (χ3v) is 6.11. The highest BCUT2D eigenvalue weighted by molar-refractivity contribution is 5.17. The number of rotatable bonds is 4. The van der Waals surface area contributed by atoms with Gasteiger partial charge in [0, 0.05) is 45.0 Å². The van der Waals surface area contributed by atoms with Crippen LogP contribution in [0.3, 0.4) is 0 Å². The molecule has 1 aromatic heterocycles. The van der Waals surface area contributed by atoms with E-state index in [1.54, 1.807) is 0 Å². The van der Waals surface area contributed by atoms with Crippen molar-refractivity contribution in [2.75, 3.05) is 26.2 Å². The molecule has 22 heavy (non-hydrogen) atoms. The largest absolute Gasteiger partial charge is 0.299 e. The van der Waals surface area contributed by atoms with E-state index in [0.717, 1.165) is 24.4 Å². The Bertz CT molecular complexity index is 511. The quantitative estimate of drug-likeness (QED) is 0.852. The van der Waals surface area contributed by atoms with E-state index in [1.165, 1.54) is 69.5 Å². The number of aromatic nitrogens is 1. The smallest absolute Gasteiger partial charge is 0.0573 e. The van der Waals surface area contributed by atoms with Crippen LogP contribution in [0, 0.1) is 18.8 Å². The third kappa shape index (κ3) is 3.07. The Kier molecular flexibility index (Phi) is 4.19. The van der Waals surface area contributed by atoms with E-state index in [9.17, 15) is 0 Å². The van der Waals surface area contributed by atoms with Crippen molar-refractivity contribution in [3.05, 3.63) is 29.6 Å². The summed E-state index contributed by atoms with van der Waals surface area (Å²) in [6, 6.07) is 5.03. The van der Waals surface area contributed by atoms with Crippen LogP contribution in [0.25, 0.3) is 0 Å². The molecule has 0 N–H and O–H groups in total. The van der Waals surface area contributed by atoms with E-state index >= 15 is 0 Å². The molecular formula is C19H29N3. The molecule has 4 fully saturated rings. The number of nitrogens with zero attached hydrogens (tertiary/aromatic N) is 3. The lowest BCUT2D eigenvalue weighted by molar-refractivity contribution is 0.0890. The van der Waals surface area contributed by atoms with Gasteiger partial charge in [-0.25, -0.2) is 0 Å². The Morgan fingerprint density at radius 1 is 1.14 bits per heavy atom. The minimum Gasteiger partial charge on any atom is -0.299 e. The molecule has 1 saturated carbocycles. The van der Waals surface area contributed by atoms with Crippen LogP contribution < -0.4 is 0 Å². The van der Waals surface area contributed by atoms with Crippen molar-refractivity contribution in [3.63, 3.8) is 0 Å². The van der Waals surface area contributed by atoms with Crippen LogP contribution in [-0.2, 0) is 6.54 Å². The lowest BCUT2D eigenvalue weighted by atomic mass is 9.83. The van der Waals surface area contributed by atoms with Gasteiger partial charge >= 0.3 is 0 Å². The molecule has 3 saturated heterocycles. The van der Waals surface area contributed by atoms with Crippen LogP contribution in [0.5, 0.6) is 0 Å². The number of hydrogen-bond donors (Lipinski definition) is 0. The summed E-state index contributed by atoms with van der Waals surface area (Å²) in [7, 11) is 0. The highest BCUT2D eigenvalue weighted by Gasteiger charge is 2.36. The Hall–Kier alpha value is -0.930. The van der Waals surface area contributed by atoms with Crippen molar-refractivity contribution in [1.82, 2.24) is 14.8 Å². The minimum atomic E-state index is 0.795. The molecule has 0 spiro atoms. The summed E-state index contributed by atoms with van der Waals surface area (Å²) < 4.78 is 0. The van der Waals surface area contributed by atoms with Gasteiger partial charge < -0.3 is 0 Å². The summed E-state index contributed by atoms with van der Waals surface area (Å²) in [6.45, 7) is 8.47. The molecule has 0 radical (unpaired) electrons. The minimum absolute atomic E-state index is 0.795. The summed E-state index contributed by atoms with van der Waals surface area (Å²) in [6.07, 6.45) is 9.21. The predicted octanol–water partition coefficient (Wildman–Crippen LogP) is 3.09. The fourth-order valence-corrected chi connectivity index (χ4v) is 4.53. The van der Waals surface area contributed by atoms with Crippen molar-refractivity contribution >= 4 is 0 Å². The van der Waals surface area contributed by atoms with Crippen molar-refractivity contribution in [2.45, 2.75) is 51.6 Å². The molecular weight excluding hydrogens is 270 g/mol. The van der Waals surface area contributed by atoms with Gasteiger partial charge in [0.1, 0.15) is 0 Å². The molecule has 4 heterocycles. The summed E-state index contributed by atoms with van der Waals surface area (Å²) >= 11 is 0. The van der Waals surface area contributed by atoms with E-state index in [4.69, 9.17) is 0 Å². The van der Waals surface area contributed by atoms with Gasteiger partial charge in [-0.1, -0.05) is 12.5 Å². The topological polar surface area (TPSA) is 19.4 Å². The average Bonchev–Trinajstić information content (AvgIpc) is 2.76. The van der Waals surface area contributed by atoms with Gasteiger partial charge in [-0.15, -0.1) is 0 Å². The first kappa shape index (κ1) is 14.6. The molecule has 3 aliphatic heterocycles. The molecule has 4 aliphatic rings. The number of hydrogen-bond acceptors (Lipinski definition) is 3. The third-order valence-electron chi connectivity index (χ3n) is 6.11. The maximum Gasteiger partial charge on any atom is 0.0573 e. The van der Waals surface area contributed by atoms with Gasteiger partial charge in [0.2, 0.25) is 0 Å². The Morgan fingerprint density at radius 3 is 2.82 bits per heavy atom. The molecule has 120 valence electrons. The van der Waals surface area contributed by atoms with Crippen LogP contribution in [-0.4, -0.2) is 47.0 Å². The maximum absolute atomic E-state index is 4.61. The van der Waals surface area contributed by atoms with E-state index in [0.29, 0.717) is 0 Å². The number of pyridine rings is 1. The normalized spacial score (nSPS) is 30.2. The molecule has 0 unspecified atom stereocenters. The zero-order chi connectivity index (χ0) is 14.9. The van der Waals surface area contributed by atoms with Crippen LogP contribution in [0.4, 0.5) is 0 Å². The molecule has 0 aromatic carbocycles. The number of piperidine rings is 1. The van der Waals surface area contributed by atoms with Gasteiger partial charge in [-0.2, -0.15) is 0 Å². The van der Waals surface area contributed by atoms with E-state index < -0.39 is 0 Å². The molecule has 1 aliphatic carbocycles. The first-order valence-electron chi connectivity index (χ1n) is 9.15. The summed E-state index contributed by atoms with van der Waals surface area (Å²) in [5, 5.41) is 0. The molecule has 2 atom stereocenters. The Morgan fingerprint density at radius 2 is 2.05 bits per heavy atom. The van der Waals surface area contributed by atoms with Gasteiger partial charge in [0.15, 0.2) is 0 Å². The first-order valence-corrected chi connectivity index (χ1v) is 9.15. The number of aryl methyl sites for hydroxylation is 1. The lowest BCUT2D eigenvalue weighted by Gasteiger charge is -2.40. The van der Waals surface area contributed by atoms with E-state index in [1.807, 2.05) is 12.3 Å². The fraction of sp³-hybridized carbons (Fsp3) is 0.737. The zero-order valence-corrected chi connectivity index (χ0v) is 13.9. The maximum atomic E-state index is 4.61. The fourth-order valence-electron chi connectivity index (χ4n) is 4.53. The van der Waals surface area contributed by atoms with Gasteiger partial charge in [0.05, 0.1) is 5.69 Å². The second-order valence-corrected chi connectivity index (χ2v) is 7.81. The average molecular weight is 299 g/mol. The van der Waals surface area contributed by atoms with Crippen molar-refractivity contribution < 1.29 is 0 Å². The first-order chi connectivity index (χ1) is 10.8. The standard InChI is InChI=1S/C19H29N3/c1-15-4-3-9-20-19(15)14-21-10-17-7-8-18(13-21)22(12-17)11-16-5-2-6-16/h3-4,9,16-18H,2,5-8,10-14H2,1H3/t17-,18+/m1/s1. The van der Waals surface area contributed by atoms with Crippen molar-refractivity contribution in [3.8, 4) is 0 Å². The van der Waals surface area contributed by atoms with Crippen molar-refractivity contribution in [1.29, 1.82) is 0 Å². The van der Waals surface area contributed by atoms with Crippen molar-refractivity contribution in [2.24, 2.45) is 11.8 Å². The van der Waals surface area contributed by atoms with Gasteiger partial charge in [0.25, 0.3) is 0 Å². The second-order valence-electron chi connectivity index (χ2n) is 7.81. The molecule has 0 amide bonds. The van der Waals surface area contributed by atoms with Crippen LogP contribution in [0.2, 0.25) is 0 Å². The van der Waals surface area contributed by atoms with Crippen LogP contribution >= 0.6 is 0 Å². The SMILES string of the molecule is Cc1cccnc1CN1C[C@H]2CC[C@@H](C1)N(CC1CCC1)C2. The van der Waals surface area contributed by atoms with Crippen LogP contribution in [0.15, 0.2) is 18.3 Å². The lowest BCUT2D eigenvalue weighted by Crippen LogP contribution is -2.46. The van der Waals surface area contributed by atoms with E-state index in [2.05, 4.69) is 27.8 Å². The zero-order valence-electron chi connectivity index (χ0n) is 13.9. The second kappa shape index (κ2) is 6.29. The van der Waals surface area contributed by atoms with Crippen LogP contribution in [0.1, 0.15) is 43.4 Å². The Labute approximate surface area is 134 Å². The van der Waals surface area contributed by atoms with Gasteiger partial charge in [-0.05, 0) is 56.1 Å².